The number of halogens is 1. The number of methoxy groups -OCH3 is 1. The molecular weight excluding hydrogens is 518 g/mol. The number of likely N-dealkylation sites (tertiary alicyclic amines) is 1. The lowest BCUT2D eigenvalue weighted by Gasteiger charge is -2.34. The van der Waals surface area contributed by atoms with Crippen LogP contribution in [0.3, 0.4) is 0 Å². The molecule has 0 aromatic heterocycles. The molecule has 3 aliphatic heterocycles. The van der Waals surface area contributed by atoms with Gasteiger partial charge in [0.2, 0.25) is 17.7 Å². The molecule has 2 N–H and O–H groups in total. The summed E-state index contributed by atoms with van der Waals surface area (Å²) < 4.78 is 12.0. The van der Waals surface area contributed by atoms with E-state index in [1.54, 1.807) is 36.3 Å². The minimum Gasteiger partial charge on any atom is -0.496 e. The Hall–Kier alpha value is -3.36. The topological polar surface area (TPSA) is 97.0 Å². The lowest BCUT2D eigenvalue weighted by atomic mass is 9.74. The Labute approximate surface area is 232 Å². The lowest BCUT2D eigenvalue weighted by molar-refractivity contribution is -0.142. The molecule has 2 saturated heterocycles. The highest BCUT2D eigenvalue weighted by atomic mass is 35.5. The largest absolute Gasteiger partial charge is 0.496 e. The van der Waals surface area contributed by atoms with Crippen LogP contribution in [0.25, 0.3) is 0 Å². The predicted octanol–water partition coefficient (Wildman–Crippen LogP) is 4.09. The number of carbonyl (C=O) groups is 3. The smallest absolute Gasteiger partial charge is 0.246 e. The molecule has 2 bridgehead atoms. The number of carbonyl (C=O) groups excluding carboxylic acids is 3. The van der Waals surface area contributed by atoms with E-state index in [-0.39, 0.29) is 30.3 Å². The third-order valence-electron chi connectivity index (χ3n) is 8.50. The van der Waals surface area contributed by atoms with Gasteiger partial charge in [-0.25, -0.2) is 0 Å². The quantitative estimate of drug-likeness (QED) is 0.507. The van der Waals surface area contributed by atoms with Crippen LogP contribution >= 0.6 is 11.6 Å². The van der Waals surface area contributed by atoms with Gasteiger partial charge in [-0.05, 0) is 37.1 Å². The van der Waals surface area contributed by atoms with Gasteiger partial charge in [0, 0.05) is 22.3 Å². The van der Waals surface area contributed by atoms with Gasteiger partial charge in [-0.1, -0.05) is 67.3 Å². The average molecular weight is 550 g/mol. The maximum Gasteiger partial charge on any atom is 0.246 e. The van der Waals surface area contributed by atoms with E-state index in [0.29, 0.717) is 16.5 Å². The van der Waals surface area contributed by atoms with Crippen molar-refractivity contribution in [2.75, 3.05) is 12.4 Å². The van der Waals surface area contributed by atoms with Crippen molar-refractivity contribution < 1.29 is 23.9 Å². The Kier molecular flexibility index (Phi) is 6.85. The van der Waals surface area contributed by atoms with E-state index >= 15 is 0 Å². The van der Waals surface area contributed by atoms with Gasteiger partial charge in [0.15, 0.2) is 0 Å². The number of hydrogen-bond acceptors (Lipinski definition) is 5. The molecule has 9 heteroatoms. The second-order valence-electron chi connectivity index (χ2n) is 10.8. The second kappa shape index (κ2) is 10.3. The molecule has 4 aliphatic rings. The van der Waals surface area contributed by atoms with Crippen LogP contribution in [0, 0.1) is 11.8 Å². The van der Waals surface area contributed by atoms with E-state index in [9.17, 15) is 14.4 Å². The van der Waals surface area contributed by atoms with E-state index < -0.39 is 29.6 Å². The molecule has 1 spiro atoms. The summed E-state index contributed by atoms with van der Waals surface area (Å²) >= 11 is 6.11. The molecule has 3 unspecified atom stereocenters. The lowest BCUT2D eigenvalue weighted by Crippen LogP contribution is -2.56. The van der Waals surface area contributed by atoms with Gasteiger partial charge in [-0.2, -0.15) is 0 Å². The molecule has 3 heterocycles. The standard InChI is InChI=1S/C30H32ClN3O5/c1-38-22-13-6-5-8-18(22)17-34-26(28(36)32-20-10-3-2-4-11-20)30-15-14-23(39-30)24(25(30)29(34)37)27(35)33-21-12-7-9-19(31)16-21/h5-9,12-16,20,23-26H,2-4,10-11,17H2,1H3,(H,32,36)(H,33,35)/t23-,24?,25-,26?,30?/m1/s1. The third kappa shape index (κ3) is 4.49. The van der Waals surface area contributed by atoms with Gasteiger partial charge in [0.25, 0.3) is 0 Å². The number of rotatable bonds is 7. The van der Waals surface area contributed by atoms with Crippen molar-refractivity contribution in [1.29, 1.82) is 0 Å². The van der Waals surface area contributed by atoms with E-state index in [4.69, 9.17) is 21.1 Å². The Bertz CT molecular complexity index is 1330. The van der Waals surface area contributed by atoms with Crippen LogP contribution in [-0.4, -0.2) is 53.5 Å². The summed E-state index contributed by atoms with van der Waals surface area (Å²) in [6, 6.07) is 13.5. The average Bonchev–Trinajstić information content (AvgIpc) is 3.57. The number of para-hydroxylation sites is 1. The number of benzene rings is 2. The summed E-state index contributed by atoms with van der Waals surface area (Å²) in [5.41, 5.74) is 0.0913. The van der Waals surface area contributed by atoms with Crippen LogP contribution in [0.5, 0.6) is 5.75 Å². The molecule has 3 amide bonds. The fraction of sp³-hybridized carbons (Fsp3) is 0.433. The monoisotopic (exact) mass is 549 g/mol. The van der Waals surface area contributed by atoms with Crippen molar-refractivity contribution in [2.45, 2.75) is 62.4 Å². The van der Waals surface area contributed by atoms with Crippen LogP contribution in [-0.2, 0) is 25.7 Å². The first-order valence-electron chi connectivity index (χ1n) is 13.6. The highest BCUT2D eigenvalue weighted by molar-refractivity contribution is 6.30. The fourth-order valence-electron chi connectivity index (χ4n) is 6.77. The van der Waals surface area contributed by atoms with E-state index in [2.05, 4.69) is 10.6 Å². The zero-order chi connectivity index (χ0) is 27.1. The predicted molar refractivity (Wildman–Crippen MR) is 146 cm³/mol. The van der Waals surface area contributed by atoms with Gasteiger partial charge in [-0.3, -0.25) is 14.4 Å². The maximum absolute atomic E-state index is 14.2. The first-order chi connectivity index (χ1) is 18.9. The van der Waals surface area contributed by atoms with Crippen molar-refractivity contribution in [1.82, 2.24) is 10.2 Å². The molecule has 5 atom stereocenters. The SMILES string of the molecule is COc1ccccc1CN1C(=O)[C@H]2C(C(=O)Nc3cccc(Cl)c3)[C@H]3C=CC2(O3)C1C(=O)NC1CCCCC1. The Morgan fingerprint density at radius 2 is 1.90 bits per heavy atom. The van der Waals surface area contributed by atoms with Crippen LogP contribution in [0.15, 0.2) is 60.7 Å². The number of hydrogen-bond donors (Lipinski definition) is 2. The number of amides is 3. The molecule has 204 valence electrons. The summed E-state index contributed by atoms with van der Waals surface area (Å²) in [6.07, 6.45) is 8.18. The van der Waals surface area contributed by atoms with E-state index in [0.717, 1.165) is 37.7 Å². The molecule has 1 saturated carbocycles. The number of nitrogens with one attached hydrogen (secondary N) is 2. The molecule has 39 heavy (non-hydrogen) atoms. The van der Waals surface area contributed by atoms with Crippen LogP contribution in [0.1, 0.15) is 37.7 Å². The van der Waals surface area contributed by atoms with Crippen molar-refractivity contribution in [3.05, 3.63) is 71.3 Å². The fourth-order valence-corrected chi connectivity index (χ4v) is 6.96. The Balaban J connectivity index is 1.34. The normalized spacial score (nSPS) is 29.4. The highest BCUT2D eigenvalue weighted by Gasteiger charge is 2.72. The van der Waals surface area contributed by atoms with E-state index in [1.807, 2.05) is 36.4 Å². The van der Waals surface area contributed by atoms with E-state index in [1.165, 1.54) is 0 Å². The van der Waals surface area contributed by atoms with Crippen molar-refractivity contribution in [3.8, 4) is 5.75 Å². The van der Waals surface area contributed by atoms with Crippen molar-refractivity contribution in [3.63, 3.8) is 0 Å². The molecule has 2 aromatic rings. The molecular formula is C30H32ClN3O5. The maximum atomic E-state index is 14.2. The number of ether oxygens (including phenoxy) is 2. The van der Waals surface area contributed by atoms with Crippen molar-refractivity contribution >= 4 is 35.0 Å². The summed E-state index contributed by atoms with van der Waals surface area (Å²) in [4.78, 5) is 43.3. The molecule has 3 fully saturated rings. The van der Waals surface area contributed by atoms with Crippen molar-refractivity contribution in [2.24, 2.45) is 11.8 Å². The van der Waals surface area contributed by atoms with Crippen LogP contribution in [0.2, 0.25) is 5.02 Å². The summed E-state index contributed by atoms with van der Waals surface area (Å²) in [5, 5.41) is 6.61. The summed E-state index contributed by atoms with van der Waals surface area (Å²) in [6.45, 7) is 0.161. The molecule has 1 aliphatic carbocycles. The second-order valence-corrected chi connectivity index (χ2v) is 11.3. The van der Waals surface area contributed by atoms with Gasteiger partial charge >= 0.3 is 0 Å². The number of anilines is 1. The van der Waals surface area contributed by atoms with Gasteiger partial charge in [0.1, 0.15) is 17.4 Å². The van der Waals surface area contributed by atoms with Crippen LogP contribution < -0.4 is 15.4 Å². The minimum absolute atomic E-state index is 0.0643. The molecule has 8 nitrogen and oxygen atoms in total. The minimum atomic E-state index is -1.22. The first-order valence-corrected chi connectivity index (χ1v) is 14.0. The highest BCUT2D eigenvalue weighted by Crippen LogP contribution is 2.55. The zero-order valence-electron chi connectivity index (χ0n) is 21.8. The van der Waals surface area contributed by atoms with Gasteiger partial charge in [0.05, 0.1) is 31.6 Å². The summed E-state index contributed by atoms with van der Waals surface area (Å²) in [7, 11) is 1.58. The van der Waals surface area contributed by atoms with Crippen LogP contribution in [0.4, 0.5) is 5.69 Å². The zero-order valence-corrected chi connectivity index (χ0v) is 22.5. The Morgan fingerprint density at radius 1 is 1.10 bits per heavy atom. The first kappa shape index (κ1) is 25.9. The molecule has 2 aromatic carbocycles. The van der Waals surface area contributed by atoms with Gasteiger partial charge in [-0.15, -0.1) is 0 Å². The number of fused-ring (bicyclic) bond motifs is 1. The molecule has 6 rings (SSSR count). The summed E-state index contributed by atoms with van der Waals surface area (Å²) in [5.74, 6) is -1.84. The molecule has 0 radical (unpaired) electrons. The third-order valence-corrected chi connectivity index (χ3v) is 8.74. The van der Waals surface area contributed by atoms with Gasteiger partial charge < -0.3 is 25.0 Å². The number of nitrogens with zero attached hydrogens (tertiary/aromatic N) is 1. The Morgan fingerprint density at radius 3 is 2.67 bits per heavy atom.